The third-order valence-corrected chi connectivity index (χ3v) is 2.75. The Bertz CT molecular complexity index is 173. The third kappa shape index (κ3) is 1.44. The first-order valence-corrected chi connectivity index (χ1v) is 4.28. The summed E-state index contributed by atoms with van der Waals surface area (Å²) in [5.74, 6) is -0.200. The second kappa shape index (κ2) is 3.41. The van der Waals surface area contributed by atoms with E-state index in [1.165, 1.54) is 0 Å². The Kier molecular flexibility index (Phi) is 2.69. The molecule has 1 rings (SSSR count). The minimum Gasteiger partial charge on any atom is -0.368 e. The summed E-state index contributed by atoms with van der Waals surface area (Å²) in [5, 5.41) is 3.21. The van der Waals surface area contributed by atoms with Gasteiger partial charge in [-0.2, -0.15) is 0 Å². The molecule has 0 unspecified atom stereocenters. The average Bonchev–Trinajstić information content (AvgIpc) is 2.05. The van der Waals surface area contributed by atoms with Crippen LogP contribution in [0.2, 0.25) is 0 Å². The lowest BCUT2D eigenvalue weighted by Gasteiger charge is -2.40. The van der Waals surface area contributed by atoms with E-state index < -0.39 is 5.54 Å². The summed E-state index contributed by atoms with van der Waals surface area (Å²) in [6, 6.07) is 0. The van der Waals surface area contributed by atoms with Crippen molar-refractivity contribution in [1.29, 1.82) is 0 Å². The Labute approximate surface area is 73.1 Å². The van der Waals surface area contributed by atoms with Crippen LogP contribution in [0.5, 0.6) is 0 Å². The number of carbonyl (C=O) groups excluding carboxylic acids is 1. The van der Waals surface area contributed by atoms with Gasteiger partial charge in [-0.05, 0) is 40.0 Å². The molecule has 0 aromatic carbocycles. The van der Waals surface area contributed by atoms with Crippen molar-refractivity contribution < 1.29 is 4.79 Å². The number of primary amides is 1. The van der Waals surface area contributed by atoms with E-state index in [2.05, 4.69) is 5.32 Å². The molecule has 4 heteroatoms. The van der Waals surface area contributed by atoms with E-state index in [-0.39, 0.29) is 5.91 Å². The van der Waals surface area contributed by atoms with Gasteiger partial charge < -0.3 is 11.1 Å². The van der Waals surface area contributed by atoms with E-state index >= 15 is 0 Å². The van der Waals surface area contributed by atoms with Crippen LogP contribution in [0.25, 0.3) is 0 Å². The van der Waals surface area contributed by atoms with E-state index in [0.717, 1.165) is 25.9 Å². The van der Waals surface area contributed by atoms with Crippen molar-refractivity contribution in [2.75, 3.05) is 27.2 Å². The van der Waals surface area contributed by atoms with Gasteiger partial charge in [0.15, 0.2) is 0 Å². The molecule has 0 radical (unpaired) electrons. The Morgan fingerprint density at radius 1 is 1.42 bits per heavy atom. The molecule has 1 aliphatic heterocycles. The van der Waals surface area contributed by atoms with Gasteiger partial charge in [0.2, 0.25) is 5.91 Å². The molecule has 0 spiro atoms. The summed E-state index contributed by atoms with van der Waals surface area (Å²) in [6.07, 6.45) is 1.63. The van der Waals surface area contributed by atoms with E-state index in [0.29, 0.717) is 0 Å². The highest BCUT2D eigenvalue weighted by molar-refractivity contribution is 5.84. The van der Waals surface area contributed by atoms with Gasteiger partial charge in [0.05, 0.1) is 0 Å². The van der Waals surface area contributed by atoms with Crippen molar-refractivity contribution in [3.8, 4) is 0 Å². The van der Waals surface area contributed by atoms with Gasteiger partial charge in [0.1, 0.15) is 5.54 Å². The molecule has 0 aliphatic carbocycles. The monoisotopic (exact) mass is 171 g/mol. The Morgan fingerprint density at radius 2 is 1.92 bits per heavy atom. The molecule has 1 aliphatic rings. The first-order valence-electron chi connectivity index (χ1n) is 4.28. The maximum Gasteiger partial charge on any atom is 0.238 e. The number of nitrogens with two attached hydrogens (primary N) is 1. The van der Waals surface area contributed by atoms with Gasteiger partial charge in [0, 0.05) is 0 Å². The fourth-order valence-electron chi connectivity index (χ4n) is 1.75. The lowest BCUT2D eigenvalue weighted by atomic mass is 9.86. The maximum absolute atomic E-state index is 11.3. The van der Waals surface area contributed by atoms with Crippen molar-refractivity contribution in [1.82, 2.24) is 10.2 Å². The second-order valence-corrected chi connectivity index (χ2v) is 3.54. The van der Waals surface area contributed by atoms with Crippen LogP contribution in [0.15, 0.2) is 0 Å². The molecule has 0 bridgehead atoms. The van der Waals surface area contributed by atoms with Crippen LogP contribution < -0.4 is 11.1 Å². The summed E-state index contributed by atoms with van der Waals surface area (Å²) in [4.78, 5) is 13.2. The highest BCUT2D eigenvalue weighted by Gasteiger charge is 2.39. The molecule has 4 nitrogen and oxygen atoms in total. The van der Waals surface area contributed by atoms with Gasteiger partial charge in [-0.3, -0.25) is 9.69 Å². The van der Waals surface area contributed by atoms with Crippen LogP contribution >= 0.6 is 0 Å². The predicted molar refractivity (Wildman–Crippen MR) is 47.7 cm³/mol. The smallest absolute Gasteiger partial charge is 0.238 e. The molecule has 1 saturated heterocycles. The van der Waals surface area contributed by atoms with E-state index in [4.69, 9.17) is 5.73 Å². The van der Waals surface area contributed by atoms with Gasteiger partial charge in [0.25, 0.3) is 0 Å². The number of nitrogens with zero attached hydrogens (tertiary/aromatic N) is 1. The largest absolute Gasteiger partial charge is 0.368 e. The van der Waals surface area contributed by atoms with Crippen molar-refractivity contribution in [3.05, 3.63) is 0 Å². The molecule has 12 heavy (non-hydrogen) atoms. The molecule has 70 valence electrons. The number of likely N-dealkylation sites (N-methyl/N-ethyl adjacent to an activating group) is 1. The zero-order valence-corrected chi connectivity index (χ0v) is 7.76. The summed E-state index contributed by atoms with van der Waals surface area (Å²) < 4.78 is 0. The first kappa shape index (κ1) is 9.48. The fraction of sp³-hybridized carbons (Fsp3) is 0.875. The number of carbonyl (C=O) groups is 1. The zero-order valence-electron chi connectivity index (χ0n) is 7.76. The van der Waals surface area contributed by atoms with Crippen molar-refractivity contribution in [3.63, 3.8) is 0 Å². The summed E-state index contributed by atoms with van der Waals surface area (Å²) >= 11 is 0. The van der Waals surface area contributed by atoms with Gasteiger partial charge >= 0.3 is 0 Å². The number of hydrogen-bond acceptors (Lipinski definition) is 3. The molecule has 0 aromatic rings. The summed E-state index contributed by atoms with van der Waals surface area (Å²) in [7, 11) is 3.83. The molecule has 1 heterocycles. The number of hydrogen-bond donors (Lipinski definition) is 2. The second-order valence-electron chi connectivity index (χ2n) is 3.54. The number of piperidine rings is 1. The standard InChI is InChI=1S/C8H17N3O/c1-11(2)8(7(9)12)3-5-10-6-4-8/h10H,3-6H2,1-2H3,(H2,9,12). The molecular formula is C8H17N3O. The molecule has 1 amide bonds. The van der Waals surface area contributed by atoms with E-state index in [1.807, 2.05) is 19.0 Å². The number of nitrogens with one attached hydrogen (secondary N) is 1. The molecule has 1 fully saturated rings. The topological polar surface area (TPSA) is 58.4 Å². The van der Waals surface area contributed by atoms with Crippen LogP contribution in [0, 0.1) is 0 Å². The van der Waals surface area contributed by atoms with Crippen LogP contribution in [0.3, 0.4) is 0 Å². The Morgan fingerprint density at radius 3 is 2.17 bits per heavy atom. The highest BCUT2D eigenvalue weighted by Crippen LogP contribution is 2.22. The maximum atomic E-state index is 11.3. The first-order chi connectivity index (χ1) is 5.59. The van der Waals surface area contributed by atoms with E-state index in [1.54, 1.807) is 0 Å². The molecular weight excluding hydrogens is 154 g/mol. The SMILES string of the molecule is CN(C)C1(C(N)=O)CCNCC1. The minimum atomic E-state index is -0.411. The van der Waals surface area contributed by atoms with Crippen molar-refractivity contribution in [2.24, 2.45) is 5.73 Å². The van der Waals surface area contributed by atoms with E-state index in [9.17, 15) is 4.79 Å². The normalized spacial score (nSPS) is 22.6. The minimum absolute atomic E-state index is 0.200. The quantitative estimate of drug-likeness (QED) is 0.569. The highest BCUT2D eigenvalue weighted by atomic mass is 16.1. The lowest BCUT2D eigenvalue weighted by molar-refractivity contribution is -0.130. The van der Waals surface area contributed by atoms with Crippen molar-refractivity contribution in [2.45, 2.75) is 18.4 Å². The predicted octanol–water partition coefficient (Wildman–Crippen LogP) is -0.844. The number of rotatable bonds is 2. The van der Waals surface area contributed by atoms with Crippen LogP contribution in [-0.4, -0.2) is 43.5 Å². The zero-order chi connectivity index (χ0) is 9.19. The summed E-state index contributed by atoms with van der Waals surface area (Å²) in [5.41, 5.74) is 4.98. The molecule has 3 N–H and O–H groups in total. The van der Waals surface area contributed by atoms with Crippen LogP contribution in [0.1, 0.15) is 12.8 Å². The van der Waals surface area contributed by atoms with Crippen molar-refractivity contribution >= 4 is 5.91 Å². The third-order valence-electron chi connectivity index (χ3n) is 2.75. The van der Waals surface area contributed by atoms with Gasteiger partial charge in [-0.25, -0.2) is 0 Å². The molecule has 0 atom stereocenters. The van der Waals surface area contributed by atoms with Gasteiger partial charge in [-0.1, -0.05) is 0 Å². The van der Waals surface area contributed by atoms with Gasteiger partial charge in [-0.15, -0.1) is 0 Å². The fourth-order valence-corrected chi connectivity index (χ4v) is 1.75. The van der Waals surface area contributed by atoms with Crippen LogP contribution in [0.4, 0.5) is 0 Å². The summed E-state index contributed by atoms with van der Waals surface area (Å²) in [6.45, 7) is 1.75. The Balaban J connectivity index is 2.77. The number of amides is 1. The van der Waals surface area contributed by atoms with Crippen LogP contribution in [-0.2, 0) is 4.79 Å². The molecule has 0 aromatic heterocycles. The average molecular weight is 171 g/mol. The Hall–Kier alpha value is -0.610. The molecule has 0 saturated carbocycles. The lowest BCUT2D eigenvalue weighted by Crippen LogP contribution is -2.59.